The molecule has 0 unspecified atom stereocenters. The number of hydrogen-bond donors (Lipinski definition) is 1. The molecule has 0 radical (unpaired) electrons. The van der Waals surface area contributed by atoms with E-state index in [0.717, 1.165) is 70.8 Å². The van der Waals surface area contributed by atoms with E-state index in [-0.39, 0.29) is 6.03 Å². The lowest BCUT2D eigenvalue weighted by molar-refractivity contribution is 0.0221. The Kier molecular flexibility index (Phi) is 6.69. The summed E-state index contributed by atoms with van der Waals surface area (Å²) in [7, 11) is 0. The van der Waals surface area contributed by atoms with Crippen molar-refractivity contribution in [1.29, 1.82) is 0 Å². The van der Waals surface area contributed by atoms with Gasteiger partial charge in [-0.1, -0.05) is 6.92 Å². The average molecular weight is 349 g/mol. The quantitative estimate of drug-likeness (QED) is 0.849. The summed E-state index contributed by atoms with van der Waals surface area (Å²) in [5.41, 5.74) is 1.06. The monoisotopic (exact) mass is 349 g/mol. The van der Waals surface area contributed by atoms with Crippen molar-refractivity contribution < 1.29 is 9.53 Å². The number of ether oxygens (including phenoxy) is 1. The summed E-state index contributed by atoms with van der Waals surface area (Å²) in [5, 5.41) is 7.40. The number of carbonyl (C=O) groups is 1. The van der Waals surface area contributed by atoms with Gasteiger partial charge in [-0.2, -0.15) is 5.10 Å². The van der Waals surface area contributed by atoms with Crippen molar-refractivity contribution in [2.24, 2.45) is 0 Å². The summed E-state index contributed by atoms with van der Waals surface area (Å²) in [6, 6.07) is 0.371. The molecule has 0 spiro atoms. The summed E-state index contributed by atoms with van der Waals surface area (Å²) in [5.74, 6) is 0. The molecule has 0 bridgehead atoms. The summed E-state index contributed by atoms with van der Waals surface area (Å²) in [4.78, 5) is 17.2. The Bertz CT molecular complexity index is 541. The van der Waals surface area contributed by atoms with Gasteiger partial charge in [-0.15, -0.1) is 0 Å². The maximum absolute atomic E-state index is 12.7. The molecule has 2 saturated heterocycles. The minimum Gasteiger partial charge on any atom is -0.379 e. The fourth-order valence-electron chi connectivity index (χ4n) is 3.67. The molecule has 2 fully saturated rings. The van der Waals surface area contributed by atoms with Crippen LogP contribution in [0.1, 0.15) is 38.2 Å². The van der Waals surface area contributed by atoms with Crippen LogP contribution in [0.25, 0.3) is 0 Å². The molecular weight excluding hydrogens is 318 g/mol. The number of amides is 2. The zero-order valence-electron chi connectivity index (χ0n) is 15.3. The second-order valence-electron chi connectivity index (χ2n) is 7.03. The van der Waals surface area contributed by atoms with Crippen LogP contribution in [0, 0.1) is 0 Å². The molecular formula is C18H31N5O2. The van der Waals surface area contributed by atoms with E-state index in [1.807, 2.05) is 22.0 Å². The van der Waals surface area contributed by atoms with Crippen molar-refractivity contribution in [3.05, 3.63) is 18.0 Å². The van der Waals surface area contributed by atoms with Gasteiger partial charge in [0.1, 0.15) is 0 Å². The molecule has 3 heterocycles. The van der Waals surface area contributed by atoms with Gasteiger partial charge < -0.3 is 15.0 Å². The van der Waals surface area contributed by atoms with Crippen molar-refractivity contribution in [2.75, 3.05) is 39.4 Å². The molecule has 2 aliphatic heterocycles. The molecule has 7 nitrogen and oxygen atoms in total. The molecule has 0 aromatic carbocycles. The fourth-order valence-corrected chi connectivity index (χ4v) is 3.67. The Hall–Kier alpha value is -1.60. The first kappa shape index (κ1) is 18.2. The van der Waals surface area contributed by atoms with Gasteiger partial charge in [0.25, 0.3) is 0 Å². The lowest BCUT2D eigenvalue weighted by Gasteiger charge is -2.39. The predicted octanol–water partition coefficient (Wildman–Crippen LogP) is 1.69. The number of carbonyl (C=O) groups excluding carboxylic acids is 1. The second-order valence-corrected chi connectivity index (χ2v) is 7.03. The number of nitrogens with one attached hydrogen (secondary N) is 1. The largest absolute Gasteiger partial charge is 0.379 e. The van der Waals surface area contributed by atoms with Crippen LogP contribution >= 0.6 is 0 Å². The van der Waals surface area contributed by atoms with Crippen LogP contribution < -0.4 is 5.32 Å². The van der Waals surface area contributed by atoms with Crippen molar-refractivity contribution >= 4 is 6.03 Å². The molecule has 25 heavy (non-hydrogen) atoms. The fraction of sp³-hybridized carbons (Fsp3) is 0.778. The lowest BCUT2D eigenvalue weighted by Crippen LogP contribution is -2.53. The van der Waals surface area contributed by atoms with E-state index < -0.39 is 0 Å². The Morgan fingerprint density at radius 1 is 1.32 bits per heavy atom. The highest BCUT2D eigenvalue weighted by Crippen LogP contribution is 2.19. The van der Waals surface area contributed by atoms with Gasteiger partial charge >= 0.3 is 6.03 Å². The van der Waals surface area contributed by atoms with E-state index in [4.69, 9.17) is 4.74 Å². The van der Waals surface area contributed by atoms with Gasteiger partial charge in [0.2, 0.25) is 0 Å². The number of morpholine rings is 1. The topological polar surface area (TPSA) is 62.6 Å². The first-order valence-corrected chi connectivity index (χ1v) is 9.62. The van der Waals surface area contributed by atoms with Crippen LogP contribution in [0.5, 0.6) is 0 Å². The highest BCUT2D eigenvalue weighted by molar-refractivity contribution is 5.74. The molecule has 1 atom stereocenters. The first-order valence-electron chi connectivity index (χ1n) is 9.62. The molecule has 1 aromatic rings. The summed E-state index contributed by atoms with van der Waals surface area (Å²) >= 11 is 0. The molecule has 1 aromatic heterocycles. The minimum atomic E-state index is 0.0567. The molecule has 2 aliphatic rings. The Morgan fingerprint density at radius 3 is 2.96 bits per heavy atom. The third kappa shape index (κ3) is 5.19. The Morgan fingerprint density at radius 2 is 2.16 bits per heavy atom. The molecule has 1 N–H and O–H groups in total. The zero-order valence-corrected chi connectivity index (χ0v) is 15.3. The van der Waals surface area contributed by atoms with Gasteiger partial charge in [0.15, 0.2) is 0 Å². The Balaban J connectivity index is 1.50. The molecule has 7 heteroatoms. The third-order valence-corrected chi connectivity index (χ3v) is 5.04. The maximum atomic E-state index is 12.7. The SMILES string of the molecule is CCCn1cc(CNC(=O)N2CCCC[C@@H]2CN2CCOCC2)cn1. The number of piperidine rings is 1. The van der Waals surface area contributed by atoms with E-state index in [9.17, 15) is 4.79 Å². The van der Waals surface area contributed by atoms with Crippen LogP contribution in [-0.2, 0) is 17.8 Å². The molecule has 140 valence electrons. The normalized spacial score (nSPS) is 22.1. The highest BCUT2D eigenvalue weighted by atomic mass is 16.5. The number of urea groups is 1. The highest BCUT2D eigenvalue weighted by Gasteiger charge is 2.28. The van der Waals surface area contributed by atoms with Crippen LogP contribution in [-0.4, -0.2) is 71.0 Å². The van der Waals surface area contributed by atoms with Gasteiger partial charge in [0.05, 0.1) is 19.4 Å². The molecule has 2 amide bonds. The van der Waals surface area contributed by atoms with E-state index in [2.05, 4.69) is 22.2 Å². The minimum absolute atomic E-state index is 0.0567. The standard InChI is InChI=1S/C18H31N5O2/c1-2-6-22-14-16(13-20-22)12-19-18(24)23-7-4-3-5-17(23)15-21-8-10-25-11-9-21/h13-14,17H,2-12,15H2,1H3,(H,19,24)/t17-/m1/s1. The van der Waals surface area contributed by atoms with Crippen LogP contribution in [0.3, 0.4) is 0 Å². The number of nitrogens with zero attached hydrogens (tertiary/aromatic N) is 4. The predicted molar refractivity (Wildman–Crippen MR) is 96.4 cm³/mol. The van der Waals surface area contributed by atoms with Crippen molar-refractivity contribution in [1.82, 2.24) is 24.9 Å². The zero-order chi connectivity index (χ0) is 17.5. The van der Waals surface area contributed by atoms with E-state index in [1.54, 1.807) is 0 Å². The molecule has 0 aliphatic carbocycles. The van der Waals surface area contributed by atoms with Crippen molar-refractivity contribution in [3.63, 3.8) is 0 Å². The van der Waals surface area contributed by atoms with Crippen molar-refractivity contribution in [2.45, 2.75) is 51.7 Å². The summed E-state index contributed by atoms with van der Waals surface area (Å²) < 4.78 is 7.36. The average Bonchev–Trinajstić information content (AvgIpc) is 3.09. The maximum Gasteiger partial charge on any atom is 0.317 e. The van der Waals surface area contributed by atoms with Gasteiger partial charge in [-0.3, -0.25) is 9.58 Å². The van der Waals surface area contributed by atoms with Crippen LogP contribution in [0.2, 0.25) is 0 Å². The Labute approximate surface area is 150 Å². The van der Waals surface area contributed by atoms with E-state index >= 15 is 0 Å². The van der Waals surface area contributed by atoms with Gasteiger partial charge in [-0.25, -0.2) is 4.79 Å². The van der Waals surface area contributed by atoms with Crippen molar-refractivity contribution in [3.8, 4) is 0 Å². The molecule has 0 saturated carbocycles. The second kappa shape index (κ2) is 9.20. The number of hydrogen-bond acceptors (Lipinski definition) is 4. The van der Waals surface area contributed by atoms with Gasteiger partial charge in [0, 0.05) is 57.1 Å². The summed E-state index contributed by atoms with van der Waals surface area (Å²) in [6.07, 6.45) is 8.33. The van der Waals surface area contributed by atoms with Crippen LogP contribution in [0.4, 0.5) is 4.79 Å². The number of rotatable bonds is 6. The van der Waals surface area contributed by atoms with Gasteiger partial charge in [-0.05, 0) is 25.7 Å². The third-order valence-electron chi connectivity index (χ3n) is 5.04. The number of likely N-dealkylation sites (tertiary alicyclic amines) is 1. The van der Waals surface area contributed by atoms with Crippen LogP contribution in [0.15, 0.2) is 12.4 Å². The van der Waals surface area contributed by atoms with E-state index in [1.165, 1.54) is 6.42 Å². The number of aryl methyl sites for hydroxylation is 1. The van der Waals surface area contributed by atoms with E-state index in [0.29, 0.717) is 12.6 Å². The lowest BCUT2D eigenvalue weighted by atomic mass is 10.0. The summed E-state index contributed by atoms with van der Waals surface area (Å²) in [6.45, 7) is 8.98. The smallest absolute Gasteiger partial charge is 0.317 e. The number of aromatic nitrogens is 2. The first-order chi connectivity index (χ1) is 12.3. The molecule has 3 rings (SSSR count).